The zero-order chi connectivity index (χ0) is 15.7. The van der Waals surface area contributed by atoms with Crippen LogP contribution in [-0.4, -0.2) is 6.03 Å². The smallest absolute Gasteiger partial charge is 0.323 e. The first-order valence-electron chi connectivity index (χ1n) is 6.61. The number of amides is 2. The molecule has 0 fully saturated rings. The average molecular weight is 301 g/mol. The van der Waals surface area contributed by atoms with Crippen LogP contribution in [0.4, 0.5) is 30.6 Å². The molecule has 2 aromatic rings. The fourth-order valence-electron chi connectivity index (χ4n) is 2.32. The lowest BCUT2D eigenvalue weighted by atomic mass is 10.1. The van der Waals surface area contributed by atoms with Crippen molar-refractivity contribution in [3.8, 4) is 0 Å². The molecule has 0 unspecified atom stereocenters. The highest BCUT2D eigenvalue weighted by Crippen LogP contribution is 2.29. The van der Waals surface area contributed by atoms with Crippen LogP contribution in [0.15, 0.2) is 48.7 Å². The van der Waals surface area contributed by atoms with E-state index in [4.69, 9.17) is 0 Å². The molecule has 1 aliphatic heterocycles. The van der Waals surface area contributed by atoms with Gasteiger partial charge in [0.1, 0.15) is 11.6 Å². The molecule has 0 bridgehead atoms. The first-order chi connectivity index (χ1) is 10.5. The summed E-state index contributed by atoms with van der Waals surface area (Å²) in [7, 11) is 0. The van der Waals surface area contributed by atoms with E-state index < -0.39 is 17.7 Å². The Kier molecular flexibility index (Phi) is 3.50. The van der Waals surface area contributed by atoms with E-state index in [9.17, 15) is 13.6 Å². The monoisotopic (exact) mass is 301 g/mol. The van der Waals surface area contributed by atoms with E-state index in [1.165, 1.54) is 0 Å². The molecule has 1 heterocycles. The number of anilines is 3. The normalized spacial score (nSPS) is 12.5. The summed E-state index contributed by atoms with van der Waals surface area (Å²) in [4.78, 5) is 11.9. The Morgan fingerprint density at radius 3 is 2.45 bits per heavy atom. The summed E-state index contributed by atoms with van der Waals surface area (Å²) in [6.07, 6.45) is 0.696. The number of allylic oxidation sites excluding steroid dienone is 1. The summed E-state index contributed by atoms with van der Waals surface area (Å²) in [5.41, 5.74) is 3.52. The topological polar surface area (TPSA) is 53.2 Å². The van der Waals surface area contributed by atoms with Gasteiger partial charge >= 0.3 is 6.03 Å². The number of carbonyl (C=O) groups is 1. The molecule has 2 amide bonds. The molecule has 0 aliphatic carbocycles. The number of rotatable bonds is 2. The molecule has 6 heteroatoms. The first kappa shape index (κ1) is 14.1. The zero-order valence-corrected chi connectivity index (χ0v) is 11.5. The number of urea groups is 1. The summed E-state index contributed by atoms with van der Waals surface area (Å²) >= 11 is 0. The largest absolute Gasteiger partial charge is 0.359 e. The second kappa shape index (κ2) is 5.48. The van der Waals surface area contributed by atoms with Gasteiger partial charge in [0.15, 0.2) is 0 Å². The van der Waals surface area contributed by atoms with Crippen molar-refractivity contribution in [2.24, 2.45) is 0 Å². The number of fused-ring (bicyclic) bond motifs is 1. The number of halogens is 2. The third-order valence-corrected chi connectivity index (χ3v) is 3.20. The molecule has 0 radical (unpaired) electrons. The van der Waals surface area contributed by atoms with Crippen LogP contribution in [0.1, 0.15) is 5.56 Å². The highest BCUT2D eigenvalue weighted by atomic mass is 19.1. The minimum absolute atomic E-state index is 0.0474. The fourth-order valence-corrected chi connectivity index (χ4v) is 2.32. The third-order valence-electron chi connectivity index (χ3n) is 3.20. The fraction of sp³-hybridized carbons (Fsp3) is 0.0625. The molecule has 0 spiro atoms. The molecule has 0 atom stereocenters. The van der Waals surface area contributed by atoms with Crippen molar-refractivity contribution < 1.29 is 13.6 Å². The van der Waals surface area contributed by atoms with Crippen LogP contribution in [0.2, 0.25) is 0 Å². The number of benzene rings is 2. The molecule has 0 saturated heterocycles. The zero-order valence-electron chi connectivity index (χ0n) is 11.5. The van der Waals surface area contributed by atoms with E-state index in [2.05, 4.69) is 22.5 Å². The Labute approximate surface area is 125 Å². The Hall–Kier alpha value is -2.89. The molecule has 3 rings (SSSR count). The second-order valence-electron chi connectivity index (χ2n) is 5.01. The van der Waals surface area contributed by atoms with Gasteiger partial charge in [-0.2, -0.15) is 0 Å². The van der Waals surface area contributed by atoms with Gasteiger partial charge < -0.3 is 16.0 Å². The van der Waals surface area contributed by atoms with E-state index in [0.717, 1.165) is 35.1 Å². The van der Waals surface area contributed by atoms with Crippen LogP contribution in [0.5, 0.6) is 0 Å². The number of hydrogen-bond acceptors (Lipinski definition) is 2. The van der Waals surface area contributed by atoms with Crippen LogP contribution >= 0.6 is 0 Å². The second-order valence-corrected chi connectivity index (χ2v) is 5.01. The molecule has 0 saturated carbocycles. The number of hydrogen-bond donors (Lipinski definition) is 3. The first-order valence-corrected chi connectivity index (χ1v) is 6.61. The number of carbonyl (C=O) groups excluding carboxylic acids is 1. The maximum Gasteiger partial charge on any atom is 0.323 e. The van der Waals surface area contributed by atoms with Crippen molar-refractivity contribution >= 4 is 23.1 Å². The van der Waals surface area contributed by atoms with Gasteiger partial charge in [0.05, 0.1) is 0 Å². The quantitative estimate of drug-likeness (QED) is 0.782. The van der Waals surface area contributed by atoms with Gasteiger partial charge in [-0.3, -0.25) is 0 Å². The summed E-state index contributed by atoms with van der Waals surface area (Å²) in [5, 5.41) is 8.13. The van der Waals surface area contributed by atoms with Crippen molar-refractivity contribution in [3.05, 3.63) is 65.9 Å². The lowest BCUT2D eigenvalue weighted by Crippen LogP contribution is -2.19. The Bertz CT molecular complexity index is 754. The van der Waals surface area contributed by atoms with Gasteiger partial charge in [-0.1, -0.05) is 6.58 Å². The standard InChI is InChI=1S/C16H13F2N3O/c1-9-4-10-5-13(2-3-15(10)19-9)20-16(22)21-14-7-11(17)6-12(18)8-14/h2-3,5-8,19H,1,4H2,(H2,20,21,22). The van der Waals surface area contributed by atoms with Gasteiger partial charge in [0.25, 0.3) is 0 Å². The highest BCUT2D eigenvalue weighted by Gasteiger charge is 2.14. The van der Waals surface area contributed by atoms with E-state index >= 15 is 0 Å². The van der Waals surface area contributed by atoms with Gasteiger partial charge in [-0.05, 0) is 35.9 Å². The van der Waals surface area contributed by atoms with E-state index in [0.29, 0.717) is 12.1 Å². The summed E-state index contributed by atoms with van der Waals surface area (Å²) < 4.78 is 26.1. The van der Waals surface area contributed by atoms with Gasteiger partial charge in [-0.15, -0.1) is 0 Å². The van der Waals surface area contributed by atoms with E-state index in [-0.39, 0.29) is 5.69 Å². The van der Waals surface area contributed by atoms with Crippen LogP contribution in [0, 0.1) is 11.6 Å². The number of nitrogens with one attached hydrogen (secondary N) is 3. The maximum absolute atomic E-state index is 13.1. The van der Waals surface area contributed by atoms with Crippen molar-refractivity contribution in [1.82, 2.24) is 0 Å². The van der Waals surface area contributed by atoms with Gasteiger partial charge in [-0.25, -0.2) is 13.6 Å². The van der Waals surface area contributed by atoms with E-state index in [1.54, 1.807) is 6.07 Å². The van der Waals surface area contributed by atoms with Crippen LogP contribution in [-0.2, 0) is 6.42 Å². The Morgan fingerprint density at radius 2 is 1.73 bits per heavy atom. The molecule has 1 aliphatic rings. The molecule has 2 aromatic carbocycles. The van der Waals surface area contributed by atoms with Crippen LogP contribution < -0.4 is 16.0 Å². The van der Waals surface area contributed by atoms with Crippen molar-refractivity contribution in [2.75, 3.05) is 16.0 Å². The molecular weight excluding hydrogens is 288 g/mol. The molecule has 112 valence electrons. The Morgan fingerprint density at radius 1 is 1.05 bits per heavy atom. The minimum Gasteiger partial charge on any atom is -0.359 e. The summed E-state index contributed by atoms with van der Waals surface area (Å²) in [5.74, 6) is -1.50. The average Bonchev–Trinajstić information content (AvgIpc) is 2.76. The lowest BCUT2D eigenvalue weighted by molar-refractivity contribution is 0.262. The molecule has 3 N–H and O–H groups in total. The minimum atomic E-state index is -0.752. The van der Waals surface area contributed by atoms with Crippen LogP contribution in [0.25, 0.3) is 0 Å². The predicted octanol–water partition coefficient (Wildman–Crippen LogP) is 4.09. The van der Waals surface area contributed by atoms with Crippen molar-refractivity contribution in [3.63, 3.8) is 0 Å². The Balaban J connectivity index is 1.69. The third kappa shape index (κ3) is 3.06. The van der Waals surface area contributed by atoms with Gasteiger partial charge in [0, 0.05) is 35.2 Å². The van der Waals surface area contributed by atoms with Gasteiger partial charge in [0.2, 0.25) is 0 Å². The highest BCUT2D eigenvalue weighted by molar-refractivity contribution is 6.00. The molecular formula is C16H13F2N3O. The molecule has 4 nitrogen and oxygen atoms in total. The lowest BCUT2D eigenvalue weighted by Gasteiger charge is -2.09. The molecule has 0 aromatic heterocycles. The van der Waals surface area contributed by atoms with E-state index in [1.807, 2.05) is 12.1 Å². The van der Waals surface area contributed by atoms with Crippen molar-refractivity contribution in [2.45, 2.75) is 6.42 Å². The molecule has 22 heavy (non-hydrogen) atoms. The SMILES string of the molecule is C=C1Cc2cc(NC(=O)Nc3cc(F)cc(F)c3)ccc2N1. The van der Waals surface area contributed by atoms with Crippen LogP contribution in [0.3, 0.4) is 0 Å². The predicted molar refractivity (Wildman–Crippen MR) is 81.9 cm³/mol. The summed E-state index contributed by atoms with van der Waals surface area (Å²) in [6, 6.07) is 7.64. The summed E-state index contributed by atoms with van der Waals surface area (Å²) in [6.45, 7) is 3.85. The maximum atomic E-state index is 13.1. The van der Waals surface area contributed by atoms with Crippen molar-refractivity contribution in [1.29, 1.82) is 0 Å².